The van der Waals surface area contributed by atoms with Crippen molar-refractivity contribution in [3.63, 3.8) is 0 Å². The molecule has 2 aromatic carbocycles. The van der Waals surface area contributed by atoms with Gasteiger partial charge in [-0.1, -0.05) is 23.7 Å². The molecule has 0 aliphatic carbocycles. The first-order valence-electron chi connectivity index (χ1n) is 12.5. The number of rotatable bonds is 6. The maximum absolute atomic E-state index is 6.45. The van der Waals surface area contributed by atoms with Crippen molar-refractivity contribution in [2.45, 2.75) is 19.4 Å². The van der Waals surface area contributed by atoms with E-state index in [0.29, 0.717) is 34.0 Å². The third-order valence-corrected chi connectivity index (χ3v) is 7.00. The SMILES string of the molecule is COc1ccc(OCc2nc3c4c(ncn3n2)Oc2c(c(C)nn2-c2cccc(Cl)c2)[C@H]4c2cccnc2)cc1. The first-order valence-corrected chi connectivity index (χ1v) is 12.9. The third-order valence-electron chi connectivity index (χ3n) is 6.76. The first kappa shape index (κ1) is 24.1. The van der Waals surface area contributed by atoms with Crippen molar-refractivity contribution in [2.24, 2.45) is 0 Å². The second-order valence-corrected chi connectivity index (χ2v) is 9.68. The summed E-state index contributed by atoms with van der Waals surface area (Å²) in [6.45, 7) is 2.14. The largest absolute Gasteiger partial charge is 0.497 e. The fraction of sp³-hybridized carbons (Fsp3) is 0.138. The molecule has 0 spiro atoms. The van der Waals surface area contributed by atoms with Crippen LogP contribution in [0, 0.1) is 6.92 Å². The normalized spacial score (nSPS) is 13.9. The van der Waals surface area contributed by atoms with Gasteiger partial charge >= 0.3 is 0 Å². The minimum atomic E-state index is -0.295. The van der Waals surface area contributed by atoms with E-state index >= 15 is 0 Å². The van der Waals surface area contributed by atoms with Crippen molar-refractivity contribution in [1.82, 2.24) is 34.3 Å². The van der Waals surface area contributed by atoms with Gasteiger partial charge in [0.2, 0.25) is 11.8 Å². The monoisotopic (exact) mass is 551 g/mol. The van der Waals surface area contributed by atoms with Gasteiger partial charge in [-0.05, 0) is 61.0 Å². The second kappa shape index (κ2) is 9.65. The van der Waals surface area contributed by atoms with Crippen LogP contribution in [-0.2, 0) is 6.61 Å². The van der Waals surface area contributed by atoms with E-state index in [1.165, 1.54) is 0 Å². The standard InChI is InChI=1S/C29H22ClN7O3/c1-17-24-25(18-5-4-12-31-14-18)26-27-33-23(15-39-22-10-8-21(38-2)9-11-22)35-36(27)16-32-28(26)40-29(24)37(34-17)20-7-3-6-19(30)13-20/h3-14,16,25H,15H2,1-2H3/t25-/m1/s1. The Labute approximate surface area is 233 Å². The van der Waals surface area contributed by atoms with E-state index in [9.17, 15) is 0 Å². The van der Waals surface area contributed by atoms with E-state index in [0.717, 1.165) is 33.8 Å². The molecular weight excluding hydrogens is 530 g/mol. The Morgan fingerprint density at radius 3 is 2.62 bits per heavy atom. The van der Waals surface area contributed by atoms with Crippen LogP contribution in [0.5, 0.6) is 23.3 Å². The lowest BCUT2D eigenvalue weighted by Gasteiger charge is -2.26. The van der Waals surface area contributed by atoms with Gasteiger partial charge in [0.05, 0.1) is 35.5 Å². The van der Waals surface area contributed by atoms with Crippen LogP contribution >= 0.6 is 11.6 Å². The van der Waals surface area contributed by atoms with Crippen LogP contribution < -0.4 is 14.2 Å². The van der Waals surface area contributed by atoms with Gasteiger partial charge in [0.25, 0.3) is 0 Å². The predicted molar refractivity (Wildman–Crippen MR) is 147 cm³/mol. The van der Waals surface area contributed by atoms with Crippen LogP contribution in [0.25, 0.3) is 11.3 Å². The number of aryl methyl sites for hydroxylation is 1. The van der Waals surface area contributed by atoms with Gasteiger partial charge < -0.3 is 14.2 Å². The Balaban J connectivity index is 1.33. The molecule has 10 nitrogen and oxygen atoms in total. The molecule has 7 rings (SSSR count). The van der Waals surface area contributed by atoms with Gasteiger partial charge in [-0.3, -0.25) is 4.98 Å². The highest BCUT2D eigenvalue weighted by atomic mass is 35.5. The van der Waals surface area contributed by atoms with Crippen molar-refractivity contribution >= 4 is 17.2 Å². The third kappa shape index (κ3) is 4.09. The zero-order chi connectivity index (χ0) is 27.2. The minimum absolute atomic E-state index is 0.179. The maximum Gasteiger partial charge on any atom is 0.230 e. The molecule has 11 heteroatoms. The molecule has 0 amide bonds. The molecule has 5 heterocycles. The fourth-order valence-electron chi connectivity index (χ4n) is 4.97. The van der Waals surface area contributed by atoms with Crippen molar-refractivity contribution in [3.05, 3.63) is 113 Å². The number of nitrogens with zero attached hydrogens (tertiary/aromatic N) is 7. The predicted octanol–water partition coefficient (Wildman–Crippen LogP) is 5.54. The van der Waals surface area contributed by atoms with Gasteiger partial charge in [0.1, 0.15) is 24.4 Å². The van der Waals surface area contributed by atoms with Gasteiger partial charge in [0, 0.05) is 17.4 Å². The Morgan fingerprint density at radius 2 is 1.85 bits per heavy atom. The van der Waals surface area contributed by atoms with Crippen LogP contribution in [0.2, 0.25) is 5.02 Å². The van der Waals surface area contributed by atoms with Gasteiger partial charge in [-0.2, -0.15) is 5.10 Å². The number of pyridine rings is 1. The molecule has 40 heavy (non-hydrogen) atoms. The topological polar surface area (TPSA) is 101 Å². The average Bonchev–Trinajstić information content (AvgIpc) is 3.56. The van der Waals surface area contributed by atoms with E-state index in [4.69, 9.17) is 35.9 Å². The molecule has 0 unspecified atom stereocenters. The molecule has 6 aromatic rings. The summed E-state index contributed by atoms with van der Waals surface area (Å²) in [4.78, 5) is 13.9. The number of fused-ring (bicyclic) bond motifs is 4. The number of hydrogen-bond acceptors (Lipinski definition) is 8. The number of methoxy groups -OCH3 is 1. The van der Waals surface area contributed by atoms with Crippen molar-refractivity contribution < 1.29 is 14.2 Å². The van der Waals surface area contributed by atoms with E-state index in [1.54, 1.807) is 28.8 Å². The number of ether oxygens (including phenoxy) is 3. The molecule has 4 aromatic heterocycles. The van der Waals surface area contributed by atoms with E-state index in [2.05, 4.69) is 15.1 Å². The first-order chi connectivity index (χ1) is 19.6. The molecule has 0 N–H and O–H groups in total. The Hall–Kier alpha value is -4.96. The molecule has 1 aliphatic rings. The Morgan fingerprint density at radius 1 is 1.00 bits per heavy atom. The Kier molecular flexibility index (Phi) is 5.82. The van der Waals surface area contributed by atoms with Crippen LogP contribution in [-0.4, -0.2) is 41.5 Å². The average molecular weight is 552 g/mol. The summed E-state index contributed by atoms with van der Waals surface area (Å²) in [5, 5.41) is 10.1. The van der Waals surface area contributed by atoms with Gasteiger partial charge in [0.15, 0.2) is 11.5 Å². The number of halogens is 1. The van der Waals surface area contributed by atoms with Crippen molar-refractivity contribution in [3.8, 4) is 28.9 Å². The van der Waals surface area contributed by atoms with Crippen LogP contribution in [0.1, 0.15) is 34.1 Å². The zero-order valence-electron chi connectivity index (χ0n) is 21.5. The van der Waals surface area contributed by atoms with Gasteiger partial charge in [-0.25, -0.2) is 19.2 Å². The highest BCUT2D eigenvalue weighted by Crippen LogP contribution is 2.49. The summed E-state index contributed by atoms with van der Waals surface area (Å²) in [5.74, 6) is 2.65. The van der Waals surface area contributed by atoms with Gasteiger partial charge in [-0.15, -0.1) is 5.10 Å². The molecule has 0 saturated heterocycles. The molecule has 0 bridgehead atoms. The number of aromatic nitrogens is 7. The molecule has 0 radical (unpaired) electrons. The second-order valence-electron chi connectivity index (χ2n) is 9.24. The molecule has 1 aliphatic heterocycles. The number of hydrogen-bond donors (Lipinski definition) is 0. The quantitative estimate of drug-likeness (QED) is 0.265. The summed E-state index contributed by atoms with van der Waals surface area (Å²) in [7, 11) is 1.63. The summed E-state index contributed by atoms with van der Waals surface area (Å²) < 4.78 is 21.0. The van der Waals surface area contributed by atoms with E-state index < -0.39 is 0 Å². The lowest BCUT2D eigenvalue weighted by atomic mass is 9.85. The number of benzene rings is 2. The smallest absolute Gasteiger partial charge is 0.230 e. The maximum atomic E-state index is 6.45. The lowest BCUT2D eigenvalue weighted by Crippen LogP contribution is -2.16. The Bertz CT molecular complexity index is 1850. The summed E-state index contributed by atoms with van der Waals surface area (Å²) >= 11 is 6.30. The van der Waals surface area contributed by atoms with Crippen LogP contribution in [0.15, 0.2) is 79.4 Å². The van der Waals surface area contributed by atoms with Crippen LogP contribution in [0.3, 0.4) is 0 Å². The molecule has 0 fully saturated rings. The molecule has 0 saturated carbocycles. The van der Waals surface area contributed by atoms with Crippen molar-refractivity contribution in [1.29, 1.82) is 0 Å². The summed E-state index contributed by atoms with van der Waals surface area (Å²) in [6.07, 6.45) is 5.18. The summed E-state index contributed by atoms with van der Waals surface area (Å²) in [5.41, 5.74) is 4.84. The molecular formula is C29H22ClN7O3. The highest BCUT2D eigenvalue weighted by Gasteiger charge is 2.38. The summed E-state index contributed by atoms with van der Waals surface area (Å²) in [6, 6.07) is 18.8. The van der Waals surface area contributed by atoms with Crippen molar-refractivity contribution in [2.75, 3.05) is 7.11 Å². The van der Waals surface area contributed by atoms with E-state index in [-0.39, 0.29) is 12.5 Å². The molecule has 198 valence electrons. The molecule has 1 atom stereocenters. The fourth-order valence-corrected chi connectivity index (χ4v) is 5.15. The highest BCUT2D eigenvalue weighted by molar-refractivity contribution is 6.30. The van der Waals surface area contributed by atoms with Crippen LogP contribution in [0.4, 0.5) is 0 Å². The lowest BCUT2D eigenvalue weighted by molar-refractivity contribution is 0.295. The minimum Gasteiger partial charge on any atom is -0.497 e. The van der Waals surface area contributed by atoms with E-state index in [1.807, 2.05) is 73.8 Å². The zero-order valence-corrected chi connectivity index (χ0v) is 22.3.